The Labute approximate surface area is 136 Å². The molecule has 3 N–H and O–H groups in total. The highest BCUT2D eigenvalue weighted by molar-refractivity contribution is 6.12. The van der Waals surface area contributed by atoms with Crippen LogP contribution in [0.15, 0.2) is 12.2 Å². The molecule has 0 spiro atoms. The van der Waals surface area contributed by atoms with Gasteiger partial charge in [-0.2, -0.15) is 0 Å². The van der Waals surface area contributed by atoms with Gasteiger partial charge < -0.3 is 15.8 Å². The quantitative estimate of drug-likeness (QED) is 0.305. The van der Waals surface area contributed by atoms with E-state index < -0.39 is 6.04 Å². The van der Waals surface area contributed by atoms with E-state index in [0.717, 1.165) is 25.5 Å². The number of unbranched alkanes of at least 4 members (excludes halogenated alkanes) is 3. The van der Waals surface area contributed by atoms with Crippen molar-refractivity contribution >= 4 is 24.0 Å². The summed E-state index contributed by atoms with van der Waals surface area (Å²) in [5.74, 6) is -0.706. The van der Waals surface area contributed by atoms with E-state index >= 15 is 0 Å². The van der Waals surface area contributed by atoms with Gasteiger partial charge in [-0.1, -0.05) is 6.42 Å². The van der Waals surface area contributed by atoms with Crippen molar-refractivity contribution < 1.29 is 19.2 Å². The zero-order valence-electron chi connectivity index (χ0n) is 13.3. The minimum Gasteiger partial charge on any atom is -0.347 e. The van der Waals surface area contributed by atoms with Crippen LogP contribution in [0.2, 0.25) is 0 Å². The van der Waals surface area contributed by atoms with Gasteiger partial charge in [-0.3, -0.25) is 19.3 Å². The van der Waals surface area contributed by atoms with Crippen molar-refractivity contribution in [1.82, 2.24) is 10.2 Å². The Morgan fingerprint density at radius 2 is 1.83 bits per heavy atom. The number of imide groups is 1. The van der Waals surface area contributed by atoms with E-state index in [1.807, 2.05) is 0 Å². The zero-order valence-corrected chi connectivity index (χ0v) is 13.3. The molecule has 0 aliphatic carbocycles. The molecule has 1 aliphatic rings. The first-order chi connectivity index (χ1) is 11.1. The number of amides is 3. The van der Waals surface area contributed by atoms with Gasteiger partial charge in [0.1, 0.15) is 6.29 Å². The first-order valence-corrected chi connectivity index (χ1v) is 8.06. The average Bonchev–Trinajstić information content (AvgIpc) is 2.85. The fraction of sp³-hybridized carbons (Fsp3) is 0.625. The number of nitrogens with zero attached hydrogens (tertiary/aromatic N) is 1. The summed E-state index contributed by atoms with van der Waals surface area (Å²) < 4.78 is 0. The van der Waals surface area contributed by atoms with Crippen LogP contribution in [-0.4, -0.2) is 48.0 Å². The summed E-state index contributed by atoms with van der Waals surface area (Å²) >= 11 is 0. The Bertz CT molecular complexity index is 444. The van der Waals surface area contributed by atoms with E-state index in [2.05, 4.69) is 5.32 Å². The molecule has 0 aromatic heterocycles. The molecule has 3 amide bonds. The second-order valence-corrected chi connectivity index (χ2v) is 5.57. The Hall–Kier alpha value is -2.02. The average molecular weight is 323 g/mol. The van der Waals surface area contributed by atoms with Crippen LogP contribution >= 0.6 is 0 Å². The van der Waals surface area contributed by atoms with Crippen molar-refractivity contribution in [2.45, 2.75) is 51.0 Å². The molecule has 0 aromatic carbocycles. The van der Waals surface area contributed by atoms with Gasteiger partial charge in [-0.05, 0) is 38.6 Å². The van der Waals surface area contributed by atoms with Crippen LogP contribution in [0.5, 0.6) is 0 Å². The van der Waals surface area contributed by atoms with Crippen molar-refractivity contribution in [3.63, 3.8) is 0 Å². The molecule has 7 nitrogen and oxygen atoms in total. The van der Waals surface area contributed by atoms with Gasteiger partial charge in [-0.25, -0.2) is 0 Å². The Morgan fingerprint density at radius 1 is 1.13 bits per heavy atom. The van der Waals surface area contributed by atoms with E-state index in [9.17, 15) is 19.2 Å². The van der Waals surface area contributed by atoms with Gasteiger partial charge in [-0.15, -0.1) is 0 Å². The summed E-state index contributed by atoms with van der Waals surface area (Å²) in [6, 6.07) is -0.444. The Morgan fingerprint density at radius 3 is 2.43 bits per heavy atom. The third-order valence-electron chi connectivity index (χ3n) is 3.67. The predicted molar refractivity (Wildman–Crippen MR) is 85.2 cm³/mol. The van der Waals surface area contributed by atoms with Crippen LogP contribution in [0.3, 0.4) is 0 Å². The standard InChI is InChI=1S/C16H25N3O4/c17-10-4-3-6-13(12-20)18-14(21)7-2-1-5-11-19-15(22)8-9-16(19)23/h8-9,12-13H,1-7,10-11,17H2,(H,18,21). The second kappa shape index (κ2) is 10.7. The number of aldehydes is 1. The lowest BCUT2D eigenvalue weighted by Crippen LogP contribution is -2.36. The molecule has 7 heteroatoms. The third kappa shape index (κ3) is 7.19. The molecule has 0 radical (unpaired) electrons. The summed E-state index contributed by atoms with van der Waals surface area (Å²) in [7, 11) is 0. The van der Waals surface area contributed by atoms with Crippen molar-refractivity contribution in [2.24, 2.45) is 5.73 Å². The largest absolute Gasteiger partial charge is 0.347 e. The van der Waals surface area contributed by atoms with Gasteiger partial charge in [0, 0.05) is 25.1 Å². The molecule has 0 aromatic rings. The maximum Gasteiger partial charge on any atom is 0.253 e. The number of carbonyl (C=O) groups is 4. The molecular weight excluding hydrogens is 298 g/mol. The topological polar surface area (TPSA) is 110 Å². The molecule has 0 fully saturated rings. The Balaban J connectivity index is 2.10. The minimum absolute atomic E-state index is 0.148. The second-order valence-electron chi connectivity index (χ2n) is 5.57. The first-order valence-electron chi connectivity index (χ1n) is 8.06. The highest BCUT2D eigenvalue weighted by atomic mass is 16.2. The maximum atomic E-state index is 11.7. The molecule has 0 bridgehead atoms. The number of hydrogen-bond donors (Lipinski definition) is 2. The van der Waals surface area contributed by atoms with Crippen LogP contribution in [0.4, 0.5) is 0 Å². The fourth-order valence-electron chi connectivity index (χ4n) is 2.35. The predicted octanol–water partition coefficient (Wildman–Crippen LogP) is 0.285. The van der Waals surface area contributed by atoms with Crippen LogP contribution in [0, 0.1) is 0 Å². The summed E-state index contributed by atoms with van der Waals surface area (Å²) in [5, 5.41) is 2.70. The highest BCUT2D eigenvalue weighted by Gasteiger charge is 2.22. The minimum atomic E-state index is -0.444. The molecule has 1 unspecified atom stereocenters. The number of carbonyl (C=O) groups excluding carboxylic acids is 4. The molecule has 0 saturated carbocycles. The smallest absolute Gasteiger partial charge is 0.253 e. The van der Waals surface area contributed by atoms with E-state index in [1.165, 1.54) is 17.1 Å². The lowest BCUT2D eigenvalue weighted by atomic mass is 10.1. The van der Waals surface area contributed by atoms with E-state index in [4.69, 9.17) is 5.73 Å². The molecule has 1 heterocycles. The van der Waals surface area contributed by atoms with E-state index in [-0.39, 0.29) is 17.7 Å². The third-order valence-corrected chi connectivity index (χ3v) is 3.67. The number of nitrogens with one attached hydrogen (secondary N) is 1. The van der Waals surface area contributed by atoms with Crippen molar-refractivity contribution in [1.29, 1.82) is 0 Å². The van der Waals surface area contributed by atoms with Crippen LogP contribution < -0.4 is 11.1 Å². The summed E-state index contributed by atoms with van der Waals surface area (Å²) in [4.78, 5) is 46.5. The number of nitrogens with two attached hydrogens (primary N) is 1. The summed E-state index contributed by atoms with van der Waals surface area (Å²) in [6.07, 6.45) is 7.94. The monoisotopic (exact) mass is 323 g/mol. The molecular formula is C16H25N3O4. The lowest BCUT2D eigenvalue weighted by Gasteiger charge is -2.14. The molecule has 1 rings (SSSR count). The summed E-state index contributed by atoms with van der Waals surface area (Å²) in [5.41, 5.74) is 5.39. The van der Waals surface area contributed by atoms with Gasteiger partial charge in [0.2, 0.25) is 5.91 Å². The van der Waals surface area contributed by atoms with Crippen LogP contribution in [-0.2, 0) is 19.2 Å². The van der Waals surface area contributed by atoms with Crippen molar-refractivity contribution in [2.75, 3.05) is 13.1 Å². The van der Waals surface area contributed by atoms with Gasteiger partial charge in [0.05, 0.1) is 6.04 Å². The van der Waals surface area contributed by atoms with Gasteiger partial charge in [0.25, 0.3) is 11.8 Å². The van der Waals surface area contributed by atoms with Crippen LogP contribution in [0.1, 0.15) is 44.9 Å². The van der Waals surface area contributed by atoms with Crippen molar-refractivity contribution in [3.8, 4) is 0 Å². The maximum absolute atomic E-state index is 11.7. The highest BCUT2D eigenvalue weighted by Crippen LogP contribution is 2.08. The lowest BCUT2D eigenvalue weighted by molar-refractivity contribution is -0.137. The van der Waals surface area contributed by atoms with Crippen molar-refractivity contribution in [3.05, 3.63) is 12.2 Å². The van der Waals surface area contributed by atoms with Gasteiger partial charge in [0.15, 0.2) is 0 Å². The van der Waals surface area contributed by atoms with Gasteiger partial charge >= 0.3 is 0 Å². The molecule has 23 heavy (non-hydrogen) atoms. The number of hydrogen-bond acceptors (Lipinski definition) is 5. The van der Waals surface area contributed by atoms with Crippen LogP contribution in [0.25, 0.3) is 0 Å². The molecule has 128 valence electrons. The molecule has 0 saturated heterocycles. The normalized spacial score (nSPS) is 15.1. The molecule has 1 aliphatic heterocycles. The summed E-state index contributed by atoms with van der Waals surface area (Å²) in [6.45, 7) is 0.958. The fourth-order valence-corrected chi connectivity index (χ4v) is 2.35. The molecule has 1 atom stereocenters. The first kappa shape index (κ1) is 19.0. The SMILES string of the molecule is NCCCCC(C=O)NC(=O)CCCCCN1C(=O)C=CC1=O. The Kier molecular flexibility index (Phi) is 8.82. The van der Waals surface area contributed by atoms with E-state index in [0.29, 0.717) is 38.8 Å². The number of rotatable bonds is 12. The zero-order chi connectivity index (χ0) is 17.1. The van der Waals surface area contributed by atoms with E-state index in [1.54, 1.807) is 0 Å².